The normalized spacial score (nSPS) is 20.3. The summed E-state index contributed by atoms with van der Waals surface area (Å²) >= 11 is 0. The lowest BCUT2D eigenvalue weighted by Crippen LogP contribution is -2.38. The van der Waals surface area contributed by atoms with Crippen molar-refractivity contribution in [2.75, 3.05) is 23.8 Å². The monoisotopic (exact) mass is 248 g/mol. The minimum absolute atomic E-state index is 0.358. The van der Waals surface area contributed by atoms with Gasteiger partial charge in [0.15, 0.2) is 0 Å². The molecule has 100 valence electrons. The summed E-state index contributed by atoms with van der Waals surface area (Å²) in [5.41, 5.74) is 0. The van der Waals surface area contributed by atoms with Gasteiger partial charge in [0.25, 0.3) is 0 Å². The van der Waals surface area contributed by atoms with Gasteiger partial charge in [-0.25, -0.2) is 9.97 Å². The van der Waals surface area contributed by atoms with Gasteiger partial charge in [-0.15, -0.1) is 0 Å². The Kier molecular flexibility index (Phi) is 4.04. The molecular weight excluding hydrogens is 224 g/mol. The Balaban J connectivity index is 2.33. The lowest BCUT2D eigenvalue weighted by molar-refractivity contribution is 0.480. The van der Waals surface area contributed by atoms with Crippen LogP contribution < -0.4 is 10.2 Å². The topological polar surface area (TPSA) is 41.0 Å². The molecule has 0 saturated carbocycles. The summed E-state index contributed by atoms with van der Waals surface area (Å²) in [4.78, 5) is 11.7. The first-order valence-corrected chi connectivity index (χ1v) is 6.95. The molecule has 1 aliphatic rings. The molecule has 0 radical (unpaired) electrons. The number of hydrogen-bond donors (Lipinski definition) is 1. The molecule has 4 heteroatoms. The zero-order valence-electron chi connectivity index (χ0n) is 11.9. The van der Waals surface area contributed by atoms with Crippen LogP contribution in [0.4, 0.5) is 11.6 Å². The average molecular weight is 248 g/mol. The molecule has 18 heavy (non-hydrogen) atoms. The second-order valence-electron chi connectivity index (χ2n) is 5.41. The zero-order chi connectivity index (χ0) is 13.1. The largest absolute Gasteiger partial charge is 0.373 e. The first-order chi connectivity index (χ1) is 8.61. The minimum atomic E-state index is 0.358. The maximum Gasteiger partial charge on any atom is 0.135 e. The smallest absolute Gasteiger partial charge is 0.135 e. The van der Waals surface area contributed by atoms with Gasteiger partial charge in [-0.3, -0.25) is 0 Å². The van der Waals surface area contributed by atoms with Crippen molar-refractivity contribution in [2.45, 2.75) is 52.0 Å². The molecule has 1 aliphatic heterocycles. The number of nitrogens with one attached hydrogen (secondary N) is 1. The van der Waals surface area contributed by atoms with Crippen molar-refractivity contribution >= 4 is 11.6 Å². The second kappa shape index (κ2) is 5.55. The van der Waals surface area contributed by atoms with E-state index in [4.69, 9.17) is 4.98 Å². The Bertz CT molecular complexity index is 403. The number of nitrogens with zero attached hydrogens (tertiary/aromatic N) is 3. The van der Waals surface area contributed by atoms with E-state index in [9.17, 15) is 0 Å². The molecule has 1 fully saturated rings. The van der Waals surface area contributed by atoms with Crippen LogP contribution in [-0.4, -0.2) is 29.6 Å². The molecule has 1 N–H and O–H groups in total. The van der Waals surface area contributed by atoms with Gasteiger partial charge in [0, 0.05) is 31.6 Å². The van der Waals surface area contributed by atoms with Crippen molar-refractivity contribution < 1.29 is 0 Å². The predicted molar refractivity (Wildman–Crippen MR) is 76.3 cm³/mol. The molecule has 1 unspecified atom stereocenters. The van der Waals surface area contributed by atoms with E-state index in [1.54, 1.807) is 0 Å². The molecule has 0 spiro atoms. The summed E-state index contributed by atoms with van der Waals surface area (Å²) in [6.45, 7) is 7.67. The quantitative estimate of drug-likeness (QED) is 0.892. The van der Waals surface area contributed by atoms with Crippen molar-refractivity contribution in [2.24, 2.45) is 0 Å². The van der Waals surface area contributed by atoms with E-state index in [0.717, 1.165) is 24.0 Å². The van der Waals surface area contributed by atoms with Gasteiger partial charge in [-0.05, 0) is 26.2 Å². The van der Waals surface area contributed by atoms with E-state index in [-0.39, 0.29) is 0 Å². The van der Waals surface area contributed by atoms with E-state index in [0.29, 0.717) is 12.0 Å². The summed E-state index contributed by atoms with van der Waals surface area (Å²) in [5, 5.41) is 3.14. The SMILES string of the molecule is CNc1cc(N2CCCCC2C)nc(C(C)C)n1. The molecule has 2 rings (SSSR count). The lowest BCUT2D eigenvalue weighted by atomic mass is 10.0. The van der Waals surface area contributed by atoms with Crippen LogP contribution in [0.5, 0.6) is 0 Å². The van der Waals surface area contributed by atoms with E-state index in [2.05, 4.69) is 42.0 Å². The molecule has 0 aromatic carbocycles. The van der Waals surface area contributed by atoms with Crippen LogP contribution in [-0.2, 0) is 0 Å². The summed E-state index contributed by atoms with van der Waals surface area (Å²) in [6.07, 6.45) is 3.86. The van der Waals surface area contributed by atoms with E-state index in [1.807, 2.05) is 7.05 Å². The molecule has 1 aromatic rings. The Morgan fingerprint density at radius 3 is 2.72 bits per heavy atom. The zero-order valence-corrected chi connectivity index (χ0v) is 11.9. The van der Waals surface area contributed by atoms with Gasteiger partial charge in [0.05, 0.1) is 0 Å². The highest BCUT2D eigenvalue weighted by Gasteiger charge is 2.21. The Hall–Kier alpha value is -1.32. The van der Waals surface area contributed by atoms with Gasteiger partial charge in [-0.2, -0.15) is 0 Å². The number of anilines is 2. The third-order valence-corrected chi connectivity index (χ3v) is 3.60. The summed E-state index contributed by atoms with van der Waals surface area (Å²) < 4.78 is 0. The lowest BCUT2D eigenvalue weighted by Gasteiger charge is -2.34. The Labute approximate surface area is 110 Å². The van der Waals surface area contributed by atoms with Crippen LogP contribution in [0.15, 0.2) is 6.07 Å². The van der Waals surface area contributed by atoms with Crippen LogP contribution in [0.2, 0.25) is 0 Å². The molecule has 1 atom stereocenters. The molecule has 0 amide bonds. The number of piperidine rings is 1. The fourth-order valence-corrected chi connectivity index (χ4v) is 2.42. The average Bonchev–Trinajstić information content (AvgIpc) is 2.38. The third-order valence-electron chi connectivity index (χ3n) is 3.60. The summed E-state index contributed by atoms with van der Waals surface area (Å²) in [7, 11) is 1.91. The fraction of sp³-hybridized carbons (Fsp3) is 0.714. The highest BCUT2D eigenvalue weighted by atomic mass is 15.2. The molecular formula is C14H24N4. The van der Waals surface area contributed by atoms with Crippen LogP contribution >= 0.6 is 0 Å². The van der Waals surface area contributed by atoms with Crippen molar-refractivity contribution in [3.05, 3.63) is 11.9 Å². The minimum Gasteiger partial charge on any atom is -0.373 e. The number of rotatable bonds is 3. The van der Waals surface area contributed by atoms with Crippen molar-refractivity contribution in [3.8, 4) is 0 Å². The van der Waals surface area contributed by atoms with Crippen LogP contribution in [0, 0.1) is 0 Å². The highest BCUT2D eigenvalue weighted by molar-refractivity contribution is 5.50. The second-order valence-corrected chi connectivity index (χ2v) is 5.41. The number of hydrogen-bond acceptors (Lipinski definition) is 4. The molecule has 1 saturated heterocycles. The van der Waals surface area contributed by atoms with Crippen molar-refractivity contribution in [3.63, 3.8) is 0 Å². The molecule has 2 heterocycles. The maximum absolute atomic E-state index is 4.73. The molecule has 0 bridgehead atoms. The standard InChI is InChI=1S/C14H24N4/c1-10(2)14-16-12(15-4)9-13(17-14)18-8-6-5-7-11(18)3/h9-11H,5-8H2,1-4H3,(H,15,16,17). The van der Waals surface area contributed by atoms with Gasteiger partial charge < -0.3 is 10.2 Å². The Morgan fingerprint density at radius 2 is 2.11 bits per heavy atom. The van der Waals surface area contributed by atoms with Gasteiger partial charge in [0.1, 0.15) is 17.5 Å². The van der Waals surface area contributed by atoms with Crippen LogP contribution in [0.25, 0.3) is 0 Å². The third kappa shape index (κ3) is 2.74. The molecule has 1 aromatic heterocycles. The van der Waals surface area contributed by atoms with E-state index < -0.39 is 0 Å². The first kappa shape index (κ1) is 13.1. The van der Waals surface area contributed by atoms with E-state index in [1.165, 1.54) is 19.3 Å². The van der Waals surface area contributed by atoms with Crippen LogP contribution in [0.3, 0.4) is 0 Å². The fourth-order valence-electron chi connectivity index (χ4n) is 2.42. The van der Waals surface area contributed by atoms with E-state index >= 15 is 0 Å². The van der Waals surface area contributed by atoms with Crippen LogP contribution in [0.1, 0.15) is 51.8 Å². The summed E-state index contributed by atoms with van der Waals surface area (Å²) in [6, 6.07) is 2.65. The Morgan fingerprint density at radius 1 is 1.33 bits per heavy atom. The van der Waals surface area contributed by atoms with Gasteiger partial charge in [0.2, 0.25) is 0 Å². The van der Waals surface area contributed by atoms with Crippen molar-refractivity contribution in [1.29, 1.82) is 0 Å². The summed E-state index contributed by atoms with van der Waals surface area (Å²) in [5.74, 6) is 3.28. The maximum atomic E-state index is 4.73. The van der Waals surface area contributed by atoms with Crippen molar-refractivity contribution in [1.82, 2.24) is 9.97 Å². The predicted octanol–water partition coefficient (Wildman–Crippen LogP) is 3.02. The van der Waals surface area contributed by atoms with Gasteiger partial charge in [-0.1, -0.05) is 13.8 Å². The highest BCUT2D eigenvalue weighted by Crippen LogP contribution is 2.26. The number of aromatic nitrogens is 2. The van der Waals surface area contributed by atoms with Gasteiger partial charge >= 0.3 is 0 Å². The molecule has 4 nitrogen and oxygen atoms in total. The molecule has 0 aliphatic carbocycles. The first-order valence-electron chi connectivity index (χ1n) is 6.95.